The van der Waals surface area contributed by atoms with Crippen molar-refractivity contribution in [3.8, 4) is 11.5 Å². The van der Waals surface area contributed by atoms with Gasteiger partial charge in [-0.2, -0.15) is 0 Å². The van der Waals surface area contributed by atoms with Gasteiger partial charge in [-0.3, -0.25) is 9.59 Å². The number of ether oxygens (including phenoxy) is 2. The molecule has 0 heterocycles. The van der Waals surface area contributed by atoms with Crippen molar-refractivity contribution in [1.82, 2.24) is 5.32 Å². The number of rotatable bonds is 7. The third kappa shape index (κ3) is 4.50. The molecular formula is C19H20FNO5. The highest BCUT2D eigenvalue weighted by atomic mass is 19.1. The number of amides is 1. The van der Waals surface area contributed by atoms with Gasteiger partial charge in [-0.1, -0.05) is 0 Å². The molecule has 1 unspecified atom stereocenters. The van der Waals surface area contributed by atoms with Gasteiger partial charge in [0.1, 0.15) is 17.3 Å². The van der Waals surface area contributed by atoms with Crippen LogP contribution in [-0.4, -0.2) is 31.2 Å². The molecule has 0 saturated carbocycles. The summed E-state index contributed by atoms with van der Waals surface area (Å²) in [6.07, 6.45) is -0.339. The van der Waals surface area contributed by atoms with Crippen molar-refractivity contribution in [2.24, 2.45) is 0 Å². The fraction of sp³-hybridized carbons (Fsp3) is 0.263. The van der Waals surface area contributed by atoms with Crippen LogP contribution in [0.1, 0.15) is 33.9 Å². The van der Waals surface area contributed by atoms with E-state index in [-0.39, 0.29) is 12.0 Å². The number of aliphatic carboxylic acids is 1. The summed E-state index contributed by atoms with van der Waals surface area (Å²) in [7, 11) is 2.95. The molecule has 7 heteroatoms. The largest absolute Gasteiger partial charge is 0.497 e. The second-order valence-electron chi connectivity index (χ2n) is 5.69. The van der Waals surface area contributed by atoms with Crippen molar-refractivity contribution < 1.29 is 28.6 Å². The number of nitrogens with one attached hydrogen (secondary N) is 1. The van der Waals surface area contributed by atoms with E-state index in [4.69, 9.17) is 9.47 Å². The van der Waals surface area contributed by atoms with Crippen molar-refractivity contribution in [2.75, 3.05) is 14.2 Å². The number of methoxy groups -OCH3 is 2. The number of carboxylic acid groups (broad SMARTS) is 1. The van der Waals surface area contributed by atoms with Crippen LogP contribution in [0.3, 0.4) is 0 Å². The Kier molecular flexibility index (Phi) is 6.16. The Morgan fingerprint density at radius 3 is 2.46 bits per heavy atom. The smallest absolute Gasteiger partial charge is 0.305 e. The maximum Gasteiger partial charge on any atom is 0.305 e. The molecule has 0 fully saturated rings. The zero-order chi connectivity index (χ0) is 19.3. The highest BCUT2D eigenvalue weighted by molar-refractivity contribution is 5.96. The molecule has 0 spiro atoms. The van der Waals surface area contributed by atoms with Gasteiger partial charge in [0.15, 0.2) is 0 Å². The summed E-state index contributed by atoms with van der Waals surface area (Å²) in [5, 5.41) is 11.9. The average molecular weight is 361 g/mol. The molecule has 26 heavy (non-hydrogen) atoms. The Balaban J connectivity index is 2.36. The summed E-state index contributed by atoms with van der Waals surface area (Å²) >= 11 is 0. The topological polar surface area (TPSA) is 84.9 Å². The van der Waals surface area contributed by atoms with E-state index in [0.29, 0.717) is 22.6 Å². The molecule has 2 N–H and O–H groups in total. The minimum Gasteiger partial charge on any atom is -0.497 e. The third-order valence-corrected chi connectivity index (χ3v) is 3.93. The minimum atomic E-state index is -1.08. The van der Waals surface area contributed by atoms with E-state index in [0.717, 1.165) is 0 Å². The van der Waals surface area contributed by atoms with Gasteiger partial charge in [0.25, 0.3) is 5.91 Å². The molecule has 0 radical (unpaired) electrons. The quantitative estimate of drug-likeness (QED) is 0.792. The SMILES string of the molecule is COc1ccc(C(CC(=O)O)NC(=O)c2ccc(F)cc2C)c(OC)c1. The molecule has 2 rings (SSSR count). The van der Waals surface area contributed by atoms with E-state index < -0.39 is 23.7 Å². The van der Waals surface area contributed by atoms with E-state index in [9.17, 15) is 19.1 Å². The van der Waals surface area contributed by atoms with Crippen LogP contribution in [0.25, 0.3) is 0 Å². The normalized spacial score (nSPS) is 11.5. The summed E-state index contributed by atoms with van der Waals surface area (Å²) in [5.41, 5.74) is 1.23. The lowest BCUT2D eigenvalue weighted by Crippen LogP contribution is -2.31. The summed E-state index contributed by atoms with van der Waals surface area (Å²) in [6, 6.07) is 7.87. The van der Waals surface area contributed by atoms with E-state index in [2.05, 4.69) is 5.32 Å². The Labute approximate surface area is 150 Å². The second-order valence-corrected chi connectivity index (χ2v) is 5.69. The van der Waals surface area contributed by atoms with Crippen LogP contribution in [0.2, 0.25) is 0 Å². The molecule has 0 bridgehead atoms. The molecule has 6 nitrogen and oxygen atoms in total. The predicted octanol–water partition coefficient (Wildman–Crippen LogP) is 3.10. The summed E-state index contributed by atoms with van der Waals surface area (Å²) < 4.78 is 23.7. The fourth-order valence-electron chi connectivity index (χ4n) is 2.64. The number of benzene rings is 2. The number of aryl methyl sites for hydroxylation is 1. The Morgan fingerprint density at radius 2 is 1.88 bits per heavy atom. The number of hydrogen-bond acceptors (Lipinski definition) is 4. The molecular weight excluding hydrogens is 341 g/mol. The van der Waals surface area contributed by atoms with Crippen molar-refractivity contribution in [3.63, 3.8) is 0 Å². The van der Waals surface area contributed by atoms with Crippen LogP contribution in [-0.2, 0) is 4.79 Å². The molecule has 2 aromatic carbocycles. The first-order chi connectivity index (χ1) is 12.3. The molecule has 1 amide bonds. The molecule has 1 atom stereocenters. The number of hydrogen-bond donors (Lipinski definition) is 2. The molecule has 2 aromatic rings. The Morgan fingerprint density at radius 1 is 1.15 bits per heavy atom. The van der Waals surface area contributed by atoms with Gasteiger partial charge in [0.2, 0.25) is 0 Å². The second kappa shape index (κ2) is 8.33. The van der Waals surface area contributed by atoms with E-state index in [1.165, 1.54) is 32.4 Å². The van der Waals surface area contributed by atoms with Crippen molar-refractivity contribution >= 4 is 11.9 Å². The molecule has 0 aliphatic carbocycles. The molecule has 0 aliphatic heterocycles. The average Bonchev–Trinajstić information content (AvgIpc) is 2.60. The van der Waals surface area contributed by atoms with Gasteiger partial charge in [0.05, 0.1) is 26.7 Å². The number of halogens is 1. The summed E-state index contributed by atoms with van der Waals surface area (Å²) in [5.74, 6) is -1.08. The number of carbonyl (C=O) groups is 2. The maximum atomic E-state index is 13.2. The lowest BCUT2D eigenvalue weighted by atomic mass is 10.0. The van der Waals surface area contributed by atoms with Gasteiger partial charge in [-0.05, 0) is 42.8 Å². The standard InChI is InChI=1S/C19H20FNO5/c1-11-8-12(20)4-6-14(11)19(24)21-16(10-18(22)23)15-7-5-13(25-2)9-17(15)26-3/h4-9,16H,10H2,1-3H3,(H,21,24)(H,22,23). The summed E-state index contributed by atoms with van der Waals surface area (Å²) in [6.45, 7) is 1.61. The van der Waals surface area contributed by atoms with Gasteiger partial charge in [-0.25, -0.2) is 4.39 Å². The highest BCUT2D eigenvalue weighted by Crippen LogP contribution is 2.31. The Bertz CT molecular complexity index is 822. The van der Waals surface area contributed by atoms with Crippen LogP contribution in [0.15, 0.2) is 36.4 Å². The maximum absolute atomic E-state index is 13.2. The van der Waals surface area contributed by atoms with Crippen LogP contribution in [0.5, 0.6) is 11.5 Å². The molecule has 0 saturated heterocycles. The minimum absolute atomic E-state index is 0.272. The van der Waals surface area contributed by atoms with Crippen molar-refractivity contribution in [1.29, 1.82) is 0 Å². The van der Waals surface area contributed by atoms with Crippen molar-refractivity contribution in [3.05, 3.63) is 58.9 Å². The van der Waals surface area contributed by atoms with Crippen LogP contribution >= 0.6 is 0 Å². The first kappa shape index (κ1) is 19.2. The van der Waals surface area contributed by atoms with E-state index in [1.807, 2.05) is 0 Å². The lowest BCUT2D eigenvalue weighted by Gasteiger charge is -2.21. The van der Waals surface area contributed by atoms with Crippen LogP contribution in [0.4, 0.5) is 4.39 Å². The van der Waals surface area contributed by atoms with Crippen molar-refractivity contribution in [2.45, 2.75) is 19.4 Å². The highest BCUT2D eigenvalue weighted by Gasteiger charge is 2.23. The molecule has 0 aromatic heterocycles. The lowest BCUT2D eigenvalue weighted by molar-refractivity contribution is -0.137. The van der Waals surface area contributed by atoms with E-state index >= 15 is 0 Å². The predicted molar refractivity (Wildman–Crippen MR) is 93.1 cm³/mol. The number of carbonyl (C=O) groups excluding carboxylic acids is 1. The fourth-order valence-corrected chi connectivity index (χ4v) is 2.64. The monoisotopic (exact) mass is 361 g/mol. The van der Waals surface area contributed by atoms with E-state index in [1.54, 1.807) is 25.1 Å². The molecule has 0 aliphatic rings. The zero-order valence-electron chi connectivity index (χ0n) is 14.7. The molecule has 138 valence electrons. The number of carboxylic acids is 1. The first-order valence-electron chi connectivity index (χ1n) is 7.86. The zero-order valence-corrected chi connectivity index (χ0v) is 14.7. The third-order valence-electron chi connectivity index (χ3n) is 3.93. The first-order valence-corrected chi connectivity index (χ1v) is 7.86. The van der Waals surface area contributed by atoms with Gasteiger partial charge in [0, 0.05) is 17.2 Å². The van der Waals surface area contributed by atoms with Gasteiger partial charge >= 0.3 is 5.97 Å². The summed E-state index contributed by atoms with van der Waals surface area (Å²) in [4.78, 5) is 23.8. The Hall–Kier alpha value is -3.09. The van der Waals surface area contributed by atoms with Gasteiger partial charge < -0.3 is 19.9 Å². The van der Waals surface area contributed by atoms with Crippen LogP contribution in [0, 0.1) is 12.7 Å². The van der Waals surface area contributed by atoms with Gasteiger partial charge in [-0.15, -0.1) is 0 Å². The van der Waals surface area contributed by atoms with Crippen LogP contribution < -0.4 is 14.8 Å².